The van der Waals surface area contributed by atoms with Gasteiger partial charge < -0.3 is 10.2 Å². The van der Waals surface area contributed by atoms with Gasteiger partial charge in [0.15, 0.2) is 0 Å². The van der Waals surface area contributed by atoms with Crippen molar-refractivity contribution in [3.8, 4) is 0 Å². The summed E-state index contributed by atoms with van der Waals surface area (Å²) < 4.78 is 26.8. The normalized spacial score (nSPS) is 21.0. The zero-order valence-corrected chi connectivity index (χ0v) is 11.1. The Labute approximate surface area is 119 Å². The summed E-state index contributed by atoms with van der Waals surface area (Å²) >= 11 is 0. The van der Waals surface area contributed by atoms with Gasteiger partial charge in [0, 0.05) is 18.2 Å². The Kier molecular flexibility index (Phi) is 4.52. The second-order valence-corrected chi connectivity index (χ2v) is 5.08. The number of nitrogens with zero attached hydrogens (tertiary/aromatic N) is 1. The fourth-order valence-corrected chi connectivity index (χ4v) is 2.65. The van der Waals surface area contributed by atoms with Gasteiger partial charge in [-0.25, -0.2) is 8.78 Å². The van der Waals surface area contributed by atoms with Crippen LogP contribution in [-0.2, 0) is 9.59 Å². The summed E-state index contributed by atoms with van der Waals surface area (Å²) in [7, 11) is 0. The molecule has 2 N–H and O–H groups in total. The van der Waals surface area contributed by atoms with E-state index in [2.05, 4.69) is 0 Å². The number of hydrogen-bond donors (Lipinski definition) is 2. The van der Waals surface area contributed by atoms with Gasteiger partial charge in [-0.3, -0.25) is 14.5 Å². The first-order valence-electron chi connectivity index (χ1n) is 6.54. The molecule has 2 atom stereocenters. The van der Waals surface area contributed by atoms with Crippen LogP contribution in [0.5, 0.6) is 0 Å². The summed E-state index contributed by atoms with van der Waals surface area (Å²) in [5, 5.41) is 18.4. The van der Waals surface area contributed by atoms with Gasteiger partial charge in [0.1, 0.15) is 17.7 Å². The SMILES string of the molecule is O=C(O)C1CCCN(C(C(=O)O)c2ccc(F)cc2F)C1. The molecule has 1 aliphatic rings. The smallest absolute Gasteiger partial charge is 0.325 e. The highest BCUT2D eigenvalue weighted by Crippen LogP contribution is 2.29. The maximum Gasteiger partial charge on any atom is 0.325 e. The molecule has 21 heavy (non-hydrogen) atoms. The lowest BCUT2D eigenvalue weighted by Crippen LogP contribution is -2.43. The van der Waals surface area contributed by atoms with Crippen molar-refractivity contribution in [2.75, 3.05) is 13.1 Å². The molecule has 1 saturated heterocycles. The molecule has 0 aliphatic carbocycles. The van der Waals surface area contributed by atoms with Crippen molar-refractivity contribution in [1.29, 1.82) is 0 Å². The highest BCUT2D eigenvalue weighted by molar-refractivity contribution is 5.76. The summed E-state index contributed by atoms with van der Waals surface area (Å²) in [5.74, 6) is -4.69. The van der Waals surface area contributed by atoms with Gasteiger partial charge in [-0.2, -0.15) is 0 Å². The van der Waals surface area contributed by atoms with E-state index in [1.54, 1.807) is 0 Å². The number of likely N-dealkylation sites (tertiary alicyclic amines) is 1. The fraction of sp³-hybridized carbons (Fsp3) is 0.429. The summed E-state index contributed by atoms with van der Waals surface area (Å²) in [4.78, 5) is 23.9. The van der Waals surface area contributed by atoms with Crippen LogP contribution in [0.25, 0.3) is 0 Å². The summed E-state index contributed by atoms with van der Waals surface area (Å²) in [6.07, 6.45) is 0.980. The first kappa shape index (κ1) is 15.4. The molecular formula is C14H15F2NO4. The lowest BCUT2D eigenvalue weighted by atomic mass is 9.94. The molecule has 5 nitrogen and oxygen atoms in total. The number of carboxylic acid groups (broad SMARTS) is 2. The molecule has 2 unspecified atom stereocenters. The largest absolute Gasteiger partial charge is 0.481 e. The van der Waals surface area contributed by atoms with Gasteiger partial charge in [-0.05, 0) is 25.5 Å². The molecule has 0 amide bonds. The highest BCUT2D eigenvalue weighted by atomic mass is 19.1. The van der Waals surface area contributed by atoms with E-state index in [-0.39, 0.29) is 12.1 Å². The summed E-state index contributed by atoms with van der Waals surface area (Å²) in [5.41, 5.74) is -0.157. The van der Waals surface area contributed by atoms with Gasteiger partial charge in [0.05, 0.1) is 5.92 Å². The topological polar surface area (TPSA) is 77.8 Å². The maximum absolute atomic E-state index is 13.8. The van der Waals surface area contributed by atoms with Crippen molar-refractivity contribution < 1.29 is 28.6 Å². The number of benzene rings is 1. The van der Waals surface area contributed by atoms with E-state index in [0.29, 0.717) is 25.5 Å². The number of halogens is 2. The van der Waals surface area contributed by atoms with Gasteiger partial charge in [-0.15, -0.1) is 0 Å². The van der Waals surface area contributed by atoms with Crippen molar-refractivity contribution in [1.82, 2.24) is 4.90 Å². The molecule has 0 radical (unpaired) electrons. The van der Waals surface area contributed by atoms with E-state index in [9.17, 15) is 23.5 Å². The molecule has 0 saturated carbocycles. The number of aliphatic carboxylic acids is 2. The minimum atomic E-state index is -1.31. The fourth-order valence-electron chi connectivity index (χ4n) is 2.65. The van der Waals surface area contributed by atoms with E-state index in [1.165, 1.54) is 4.90 Å². The van der Waals surface area contributed by atoms with Crippen LogP contribution in [0.4, 0.5) is 8.78 Å². The van der Waals surface area contributed by atoms with Crippen LogP contribution in [0, 0.1) is 17.6 Å². The van der Waals surface area contributed by atoms with E-state index < -0.39 is 35.5 Å². The molecule has 0 aromatic heterocycles. The summed E-state index contributed by atoms with van der Waals surface area (Å²) in [6, 6.07) is 1.40. The van der Waals surface area contributed by atoms with Gasteiger partial charge in [-0.1, -0.05) is 6.07 Å². The predicted octanol–water partition coefficient (Wildman–Crippen LogP) is 1.89. The number of hydrogen-bond acceptors (Lipinski definition) is 3. The second kappa shape index (κ2) is 6.17. The first-order valence-corrected chi connectivity index (χ1v) is 6.54. The standard InChI is InChI=1S/C14H15F2NO4/c15-9-3-4-10(11(16)6-9)12(14(20)21)17-5-1-2-8(7-17)13(18)19/h3-4,6,8,12H,1-2,5,7H2,(H,18,19)(H,20,21). The highest BCUT2D eigenvalue weighted by Gasteiger charge is 2.35. The van der Waals surface area contributed by atoms with E-state index in [1.807, 2.05) is 0 Å². The molecule has 0 bridgehead atoms. The van der Waals surface area contributed by atoms with Gasteiger partial charge in [0.25, 0.3) is 0 Å². The van der Waals surface area contributed by atoms with Crippen LogP contribution in [0.3, 0.4) is 0 Å². The molecule has 1 aromatic rings. The minimum absolute atomic E-state index is 0.0309. The molecule has 1 heterocycles. The molecule has 114 valence electrons. The Morgan fingerprint density at radius 3 is 2.57 bits per heavy atom. The Morgan fingerprint density at radius 2 is 2.00 bits per heavy atom. The Bertz CT molecular complexity index is 564. The Morgan fingerprint density at radius 1 is 1.29 bits per heavy atom. The zero-order chi connectivity index (χ0) is 15.6. The van der Waals surface area contributed by atoms with Crippen LogP contribution in [0.2, 0.25) is 0 Å². The predicted molar refractivity (Wildman–Crippen MR) is 68.7 cm³/mol. The van der Waals surface area contributed by atoms with Crippen molar-refractivity contribution in [3.05, 3.63) is 35.4 Å². The third-order valence-electron chi connectivity index (χ3n) is 3.66. The number of piperidine rings is 1. The van der Waals surface area contributed by atoms with Crippen molar-refractivity contribution >= 4 is 11.9 Å². The Hall–Kier alpha value is -2.02. The summed E-state index contributed by atoms with van der Waals surface area (Å²) in [6.45, 7) is 0.390. The van der Waals surface area contributed by atoms with Crippen LogP contribution in [0.15, 0.2) is 18.2 Å². The molecular weight excluding hydrogens is 284 g/mol. The lowest BCUT2D eigenvalue weighted by Gasteiger charge is -2.35. The lowest BCUT2D eigenvalue weighted by molar-refractivity contribution is -0.149. The number of rotatable bonds is 4. The van der Waals surface area contributed by atoms with Crippen molar-refractivity contribution in [3.63, 3.8) is 0 Å². The minimum Gasteiger partial charge on any atom is -0.481 e. The second-order valence-electron chi connectivity index (χ2n) is 5.08. The molecule has 2 rings (SSSR count). The van der Waals surface area contributed by atoms with Gasteiger partial charge >= 0.3 is 11.9 Å². The molecule has 7 heteroatoms. The average Bonchev–Trinajstić information content (AvgIpc) is 2.41. The molecule has 1 fully saturated rings. The third kappa shape index (κ3) is 3.36. The zero-order valence-electron chi connectivity index (χ0n) is 11.1. The van der Waals surface area contributed by atoms with Crippen LogP contribution in [0.1, 0.15) is 24.4 Å². The quantitative estimate of drug-likeness (QED) is 0.887. The van der Waals surface area contributed by atoms with Crippen molar-refractivity contribution in [2.24, 2.45) is 5.92 Å². The molecule has 0 spiro atoms. The monoisotopic (exact) mass is 299 g/mol. The van der Waals surface area contributed by atoms with E-state index in [0.717, 1.165) is 12.1 Å². The Balaban J connectivity index is 2.30. The molecule has 1 aromatic carbocycles. The molecule has 1 aliphatic heterocycles. The maximum atomic E-state index is 13.8. The van der Waals surface area contributed by atoms with Crippen LogP contribution in [-0.4, -0.2) is 40.1 Å². The van der Waals surface area contributed by atoms with E-state index >= 15 is 0 Å². The first-order chi connectivity index (χ1) is 9.90. The van der Waals surface area contributed by atoms with Crippen LogP contribution >= 0.6 is 0 Å². The van der Waals surface area contributed by atoms with E-state index in [4.69, 9.17) is 5.11 Å². The third-order valence-corrected chi connectivity index (χ3v) is 3.66. The number of carbonyl (C=O) groups is 2. The van der Waals surface area contributed by atoms with Crippen LogP contribution < -0.4 is 0 Å². The van der Waals surface area contributed by atoms with Crippen molar-refractivity contribution in [2.45, 2.75) is 18.9 Å². The average molecular weight is 299 g/mol. The number of carboxylic acids is 2. The van der Waals surface area contributed by atoms with Gasteiger partial charge in [0.2, 0.25) is 0 Å².